The van der Waals surface area contributed by atoms with Crippen LogP contribution in [0.3, 0.4) is 0 Å². The molecule has 1 aliphatic rings. The molecule has 4 nitrogen and oxygen atoms in total. The van der Waals surface area contributed by atoms with Crippen molar-refractivity contribution in [3.63, 3.8) is 0 Å². The Balaban J connectivity index is 2.26. The Labute approximate surface area is 65.8 Å². The molecule has 64 valence electrons. The quantitative estimate of drug-likeness (QED) is 0.491. The standard InChI is InChI=1S/C7H14N2O2/c1-4(10)6(8)7(11)9-5-2-3-5/h4-6,10H,2-3,8H2,1H3,(H,9,11). The summed E-state index contributed by atoms with van der Waals surface area (Å²) in [5.74, 6) is -0.248. The van der Waals surface area contributed by atoms with Crippen LogP contribution in [0.15, 0.2) is 0 Å². The van der Waals surface area contributed by atoms with Gasteiger partial charge < -0.3 is 16.2 Å². The van der Waals surface area contributed by atoms with Crippen LogP contribution >= 0.6 is 0 Å². The molecule has 11 heavy (non-hydrogen) atoms. The van der Waals surface area contributed by atoms with Gasteiger partial charge in [-0.15, -0.1) is 0 Å². The zero-order valence-corrected chi connectivity index (χ0v) is 6.58. The first kappa shape index (κ1) is 8.49. The maximum absolute atomic E-state index is 11.0. The highest BCUT2D eigenvalue weighted by molar-refractivity contribution is 5.82. The molecule has 0 bridgehead atoms. The molecule has 1 amide bonds. The maximum Gasteiger partial charge on any atom is 0.239 e. The lowest BCUT2D eigenvalue weighted by Crippen LogP contribution is -2.47. The molecule has 2 atom stereocenters. The zero-order valence-electron chi connectivity index (χ0n) is 6.58. The van der Waals surface area contributed by atoms with E-state index in [4.69, 9.17) is 10.8 Å². The van der Waals surface area contributed by atoms with Crippen molar-refractivity contribution in [3.05, 3.63) is 0 Å². The summed E-state index contributed by atoms with van der Waals surface area (Å²) in [4.78, 5) is 11.0. The normalized spacial score (nSPS) is 22.5. The molecule has 1 fully saturated rings. The van der Waals surface area contributed by atoms with Crippen LogP contribution < -0.4 is 11.1 Å². The van der Waals surface area contributed by atoms with Gasteiger partial charge in [-0.25, -0.2) is 0 Å². The minimum atomic E-state index is -0.782. The summed E-state index contributed by atoms with van der Waals surface area (Å²) in [7, 11) is 0. The van der Waals surface area contributed by atoms with Crippen LogP contribution in [0, 0.1) is 0 Å². The molecule has 0 heterocycles. The molecule has 2 unspecified atom stereocenters. The fourth-order valence-electron chi connectivity index (χ4n) is 0.744. The lowest BCUT2D eigenvalue weighted by molar-refractivity contribution is -0.124. The Bertz CT molecular complexity index is 155. The summed E-state index contributed by atoms with van der Waals surface area (Å²) in [5.41, 5.74) is 5.37. The summed E-state index contributed by atoms with van der Waals surface area (Å²) in [6, 6.07) is -0.470. The van der Waals surface area contributed by atoms with Gasteiger partial charge in [-0.3, -0.25) is 4.79 Å². The molecule has 1 rings (SSSR count). The zero-order chi connectivity index (χ0) is 8.43. The molecule has 0 saturated heterocycles. The molecular weight excluding hydrogens is 144 g/mol. The van der Waals surface area contributed by atoms with E-state index in [1.807, 2.05) is 0 Å². The van der Waals surface area contributed by atoms with Crippen LogP contribution in [0.4, 0.5) is 0 Å². The van der Waals surface area contributed by atoms with Crippen LogP contribution in [-0.4, -0.2) is 29.2 Å². The van der Waals surface area contributed by atoms with Gasteiger partial charge >= 0.3 is 0 Å². The van der Waals surface area contributed by atoms with Crippen molar-refractivity contribution in [3.8, 4) is 0 Å². The van der Waals surface area contributed by atoms with Gasteiger partial charge in [0.25, 0.3) is 0 Å². The Kier molecular flexibility index (Phi) is 2.46. The van der Waals surface area contributed by atoms with Gasteiger partial charge in [-0.05, 0) is 19.8 Å². The first-order valence-electron chi connectivity index (χ1n) is 3.85. The molecule has 0 radical (unpaired) electrons. The fraction of sp³-hybridized carbons (Fsp3) is 0.857. The van der Waals surface area contributed by atoms with Crippen molar-refractivity contribution < 1.29 is 9.90 Å². The van der Waals surface area contributed by atoms with E-state index in [0.717, 1.165) is 12.8 Å². The van der Waals surface area contributed by atoms with Gasteiger partial charge in [-0.1, -0.05) is 0 Å². The lowest BCUT2D eigenvalue weighted by atomic mass is 10.2. The Hall–Kier alpha value is -0.610. The third-order valence-corrected chi connectivity index (χ3v) is 1.75. The van der Waals surface area contributed by atoms with E-state index in [9.17, 15) is 4.79 Å². The van der Waals surface area contributed by atoms with Gasteiger partial charge in [0.15, 0.2) is 0 Å². The fourth-order valence-corrected chi connectivity index (χ4v) is 0.744. The summed E-state index contributed by atoms with van der Waals surface area (Å²) in [5, 5.41) is 11.6. The predicted octanol–water partition coefficient (Wildman–Crippen LogP) is -1.03. The Morgan fingerprint density at radius 2 is 2.27 bits per heavy atom. The highest BCUT2D eigenvalue weighted by Gasteiger charge is 2.27. The molecule has 1 saturated carbocycles. The SMILES string of the molecule is CC(O)C(N)C(=O)NC1CC1. The average molecular weight is 158 g/mol. The molecular formula is C7H14N2O2. The van der Waals surface area contributed by atoms with Crippen LogP contribution in [-0.2, 0) is 4.79 Å². The number of hydrogen-bond donors (Lipinski definition) is 3. The third kappa shape index (κ3) is 2.48. The number of aliphatic hydroxyl groups is 1. The van der Waals surface area contributed by atoms with Crippen LogP contribution in [0.5, 0.6) is 0 Å². The lowest BCUT2D eigenvalue weighted by Gasteiger charge is -2.13. The first-order valence-corrected chi connectivity index (χ1v) is 3.85. The van der Waals surface area contributed by atoms with E-state index in [1.165, 1.54) is 6.92 Å². The average Bonchev–Trinajstić information content (AvgIpc) is 2.69. The molecule has 0 aliphatic heterocycles. The number of carbonyl (C=O) groups is 1. The number of rotatable bonds is 3. The molecule has 4 N–H and O–H groups in total. The van der Waals surface area contributed by atoms with E-state index in [-0.39, 0.29) is 5.91 Å². The van der Waals surface area contributed by atoms with E-state index in [1.54, 1.807) is 0 Å². The second-order valence-corrected chi connectivity index (χ2v) is 3.05. The molecule has 0 spiro atoms. The summed E-state index contributed by atoms with van der Waals surface area (Å²) in [6.45, 7) is 1.51. The smallest absolute Gasteiger partial charge is 0.239 e. The van der Waals surface area contributed by atoms with Crippen LogP contribution in [0.2, 0.25) is 0 Å². The van der Waals surface area contributed by atoms with Gasteiger partial charge in [0, 0.05) is 6.04 Å². The number of carbonyl (C=O) groups excluding carboxylic acids is 1. The van der Waals surface area contributed by atoms with Crippen LogP contribution in [0.1, 0.15) is 19.8 Å². The molecule has 4 heteroatoms. The van der Waals surface area contributed by atoms with Crippen molar-refractivity contribution in [2.24, 2.45) is 5.73 Å². The summed E-state index contributed by atoms with van der Waals surface area (Å²) in [6.07, 6.45) is 1.31. The van der Waals surface area contributed by atoms with Crippen molar-refractivity contribution in [1.29, 1.82) is 0 Å². The van der Waals surface area contributed by atoms with Crippen molar-refractivity contribution in [2.75, 3.05) is 0 Å². The van der Waals surface area contributed by atoms with Gasteiger partial charge in [-0.2, -0.15) is 0 Å². The summed E-state index contributed by atoms with van der Waals surface area (Å²) >= 11 is 0. The highest BCUT2D eigenvalue weighted by atomic mass is 16.3. The monoisotopic (exact) mass is 158 g/mol. The van der Waals surface area contributed by atoms with E-state index < -0.39 is 12.1 Å². The van der Waals surface area contributed by atoms with E-state index in [2.05, 4.69) is 5.32 Å². The summed E-state index contributed by atoms with van der Waals surface area (Å²) < 4.78 is 0. The van der Waals surface area contributed by atoms with E-state index in [0.29, 0.717) is 6.04 Å². The second kappa shape index (κ2) is 3.19. The van der Waals surface area contributed by atoms with Crippen molar-refractivity contribution in [2.45, 2.75) is 38.0 Å². The number of hydrogen-bond acceptors (Lipinski definition) is 3. The maximum atomic E-state index is 11.0. The highest BCUT2D eigenvalue weighted by Crippen LogP contribution is 2.18. The number of nitrogens with two attached hydrogens (primary N) is 1. The van der Waals surface area contributed by atoms with Crippen molar-refractivity contribution in [1.82, 2.24) is 5.32 Å². The molecule has 1 aliphatic carbocycles. The minimum Gasteiger partial charge on any atom is -0.391 e. The first-order chi connectivity index (χ1) is 5.11. The van der Waals surface area contributed by atoms with Gasteiger partial charge in [0.2, 0.25) is 5.91 Å². The Morgan fingerprint density at radius 1 is 1.73 bits per heavy atom. The van der Waals surface area contributed by atoms with Gasteiger partial charge in [0.1, 0.15) is 6.04 Å². The minimum absolute atomic E-state index is 0.248. The Morgan fingerprint density at radius 3 is 2.64 bits per heavy atom. The van der Waals surface area contributed by atoms with Crippen LogP contribution in [0.25, 0.3) is 0 Å². The van der Waals surface area contributed by atoms with Crippen molar-refractivity contribution >= 4 is 5.91 Å². The largest absolute Gasteiger partial charge is 0.391 e. The topological polar surface area (TPSA) is 75.3 Å². The van der Waals surface area contributed by atoms with Gasteiger partial charge in [0.05, 0.1) is 6.10 Å². The third-order valence-electron chi connectivity index (χ3n) is 1.75. The number of aliphatic hydroxyl groups excluding tert-OH is 1. The molecule has 0 aromatic carbocycles. The van der Waals surface area contributed by atoms with E-state index >= 15 is 0 Å². The second-order valence-electron chi connectivity index (χ2n) is 3.05. The molecule has 0 aromatic rings. The molecule has 0 aromatic heterocycles. The number of amides is 1. The predicted molar refractivity (Wildman–Crippen MR) is 40.8 cm³/mol. The number of nitrogens with one attached hydrogen (secondary N) is 1.